The average Bonchev–Trinajstić information content (AvgIpc) is 2.25. The number of benzene rings is 1. The molecule has 86 valence electrons. The Kier molecular flexibility index (Phi) is 3.84. The van der Waals surface area contributed by atoms with Crippen LogP contribution in [0.5, 0.6) is 5.75 Å². The maximum atomic E-state index is 11.0. The molecule has 0 bridgehead atoms. The van der Waals surface area contributed by atoms with Gasteiger partial charge in [-0.2, -0.15) is 0 Å². The van der Waals surface area contributed by atoms with E-state index in [2.05, 4.69) is 0 Å². The molecule has 1 rings (SSSR count). The molecule has 6 N–H and O–H groups in total. The number of primary amides is 2. The highest BCUT2D eigenvalue weighted by atomic mass is 16.5. The second kappa shape index (κ2) is 5.13. The number of hydrogen-bond acceptors (Lipinski definition) is 4. The lowest BCUT2D eigenvalue weighted by molar-refractivity contribution is 0.0999. The lowest BCUT2D eigenvalue weighted by atomic mass is 10.1. The standard InChI is InChI=1S/C10H13N3O3/c11-1-2-16-8-4-6(9(12)14)3-7(5-8)10(13)15/h3-5H,1-2,11H2,(H2,12,14)(H2,13,15). The molecule has 0 spiro atoms. The molecule has 1 aromatic carbocycles. The first-order valence-corrected chi connectivity index (χ1v) is 4.62. The Morgan fingerprint density at radius 3 is 1.94 bits per heavy atom. The summed E-state index contributed by atoms with van der Waals surface area (Å²) in [5.41, 5.74) is 15.8. The summed E-state index contributed by atoms with van der Waals surface area (Å²) in [4.78, 5) is 22.0. The van der Waals surface area contributed by atoms with Gasteiger partial charge in [0.15, 0.2) is 0 Å². The first kappa shape index (κ1) is 12.0. The molecule has 0 atom stereocenters. The van der Waals surface area contributed by atoms with Crippen molar-refractivity contribution in [3.05, 3.63) is 29.3 Å². The van der Waals surface area contributed by atoms with E-state index in [1.807, 2.05) is 0 Å². The van der Waals surface area contributed by atoms with Crippen molar-refractivity contribution in [1.29, 1.82) is 0 Å². The van der Waals surface area contributed by atoms with Crippen LogP contribution in [0.4, 0.5) is 0 Å². The van der Waals surface area contributed by atoms with Crippen molar-refractivity contribution in [3.8, 4) is 5.75 Å². The van der Waals surface area contributed by atoms with Crippen LogP contribution in [0.1, 0.15) is 20.7 Å². The van der Waals surface area contributed by atoms with Crippen molar-refractivity contribution in [2.75, 3.05) is 13.2 Å². The minimum absolute atomic E-state index is 0.170. The SMILES string of the molecule is NCCOc1cc(C(N)=O)cc(C(N)=O)c1. The van der Waals surface area contributed by atoms with Gasteiger partial charge >= 0.3 is 0 Å². The van der Waals surface area contributed by atoms with Crippen LogP contribution in [0, 0.1) is 0 Å². The summed E-state index contributed by atoms with van der Waals surface area (Å²) < 4.78 is 5.20. The Labute approximate surface area is 92.3 Å². The zero-order valence-corrected chi connectivity index (χ0v) is 8.60. The van der Waals surface area contributed by atoms with Gasteiger partial charge in [-0.05, 0) is 18.2 Å². The van der Waals surface area contributed by atoms with Crippen molar-refractivity contribution in [2.45, 2.75) is 0 Å². The zero-order valence-electron chi connectivity index (χ0n) is 8.60. The molecule has 6 nitrogen and oxygen atoms in total. The predicted octanol–water partition coefficient (Wildman–Crippen LogP) is -0.778. The van der Waals surface area contributed by atoms with Gasteiger partial charge in [-0.1, -0.05) is 0 Å². The molecule has 2 amide bonds. The maximum absolute atomic E-state index is 11.0. The zero-order chi connectivity index (χ0) is 12.1. The van der Waals surface area contributed by atoms with Gasteiger partial charge in [-0.3, -0.25) is 9.59 Å². The van der Waals surface area contributed by atoms with E-state index >= 15 is 0 Å². The molecule has 16 heavy (non-hydrogen) atoms. The van der Waals surface area contributed by atoms with Crippen molar-refractivity contribution < 1.29 is 14.3 Å². The molecule has 0 aromatic heterocycles. The van der Waals surface area contributed by atoms with E-state index in [0.29, 0.717) is 12.3 Å². The van der Waals surface area contributed by atoms with Crippen molar-refractivity contribution >= 4 is 11.8 Å². The Balaban J connectivity index is 3.08. The van der Waals surface area contributed by atoms with E-state index in [4.69, 9.17) is 21.9 Å². The van der Waals surface area contributed by atoms with Gasteiger partial charge in [-0.25, -0.2) is 0 Å². The van der Waals surface area contributed by atoms with Gasteiger partial charge in [0.05, 0.1) is 0 Å². The smallest absolute Gasteiger partial charge is 0.248 e. The maximum Gasteiger partial charge on any atom is 0.248 e. The highest BCUT2D eigenvalue weighted by Gasteiger charge is 2.09. The topological polar surface area (TPSA) is 121 Å². The van der Waals surface area contributed by atoms with E-state index in [9.17, 15) is 9.59 Å². The van der Waals surface area contributed by atoms with Crippen LogP contribution in [0.3, 0.4) is 0 Å². The molecule has 1 aromatic rings. The Bertz CT molecular complexity index is 386. The third kappa shape index (κ3) is 2.96. The van der Waals surface area contributed by atoms with Gasteiger partial charge in [0.25, 0.3) is 0 Å². The van der Waals surface area contributed by atoms with E-state index in [1.54, 1.807) is 0 Å². The fourth-order valence-electron chi connectivity index (χ4n) is 1.14. The quantitative estimate of drug-likeness (QED) is 0.606. The summed E-state index contributed by atoms with van der Waals surface area (Å²) in [6.45, 7) is 0.604. The van der Waals surface area contributed by atoms with Gasteiger partial charge in [0.1, 0.15) is 12.4 Å². The van der Waals surface area contributed by atoms with Crippen LogP contribution >= 0.6 is 0 Å². The van der Waals surface area contributed by atoms with Crippen LogP contribution in [0.2, 0.25) is 0 Å². The monoisotopic (exact) mass is 223 g/mol. The van der Waals surface area contributed by atoms with Crippen LogP contribution < -0.4 is 21.9 Å². The average molecular weight is 223 g/mol. The summed E-state index contributed by atoms with van der Waals surface area (Å²) in [7, 11) is 0. The summed E-state index contributed by atoms with van der Waals surface area (Å²) >= 11 is 0. The molecular weight excluding hydrogens is 210 g/mol. The molecule has 0 aliphatic rings. The molecular formula is C10H13N3O3. The number of carbonyl (C=O) groups is 2. The Hall–Kier alpha value is -2.08. The van der Waals surface area contributed by atoms with Gasteiger partial charge < -0.3 is 21.9 Å². The molecule has 6 heteroatoms. The number of nitrogens with two attached hydrogens (primary N) is 3. The van der Waals surface area contributed by atoms with Gasteiger partial charge in [-0.15, -0.1) is 0 Å². The minimum atomic E-state index is -0.652. The van der Waals surface area contributed by atoms with Crippen LogP contribution in [0.25, 0.3) is 0 Å². The lowest BCUT2D eigenvalue weighted by Crippen LogP contribution is -2.17. The van der Waals surface area contributed by atoms with Crippen molar-refractivity contribution in [1.82, 2.24) is 0 Å². The van der Waals surface area contributed by atoms with Crippen LogP contribution in [0.15, 0.2) is 18.2 Å². The van der Waals surface area contributed by atoms with Crippen LogP contribution in [-0.2, 0) is 0 Å². The number of rotatable bonds is 5. The van der Waals surface area contributed by atoms with Crippen molar-refractivity contribution in [3.63, 3.8) is 0 Å². The highest BCUT2D eigenvalue weighted by molar-refractivity contribution is 5.99. The fourth-order valence-corrected chi connectivity index (χ4v) is 1.14. The molecule has 0 fully saturated rings. The number of amides is 2. The fraction of sp³-hybridized carbons (Fsp3) is 0.200. The van der Waals surface area contributed by atoms with E-state index in [1.165, 1.54) is 18.2 Å². The Morgan fingerprint density at radius 2 is 1.56 bits per heavy atom. The molecule has 0 saturated heterocycles. The number of carbonyl (C=O) groups excluding carboxylic acids is 2. The predicted molar refractivity (Wildman–Crippen MR) is 58.0 cm³/mol. The molecule has 0 aliphatic carbocycles. The third-order valence-electron chi connectivity index (χ3n) is 1.86. The highest BCUT2D eigenvalue weighted by Crippen LogP contribution is 2.16. The molecule has 0 aliphatic heterocycles. The van der Waals surface area contributed by atoms with Gasteiger partial charge in [0.2, 0.25) is 11.8 Å². The first-order valence-electron chi connectivity index (χ1n) is 4.62. The van der Waals surface area contributed by atoms with E-state index in [-0.39, 0.29) is 17.7 Å². The summed E-state index contributed by atoms with van der Waals surface area (Å²) in [5.74, 6) is -0.961. The Morgan fingerprint density at radius 1 is 1.06 bits per heavy atom. The van der Waals surface area contributed by atoms with E-state index < -0.39 is 11.8 Å². The number of ether oxygens (including phenoxy) is 1. The van der Waals surface area contributed by atoms with Gasteiger partial charge in [0, 0.05) is 17.7 Å². The molecule has 0 saturated carbocycles. The summed E-state index contributed by atoms with van der Waals surface area (Å²) in [6, 6.07) is 4.19. The largest absolute Gasteiger partial charge is 0.492 e. The molecule has 0 heterocycles. The normalized spacial score (nSPS) is 9.81. The second-order valence-corrected chi connectivity index (χ2v) is 3.11. The molecule has 0 radical (unpaired) electrons. The number of hydrogen-bond donors (Lipinski definition) is 3. The summed E-state index contributed by atoms with van der Waals surface area (Å²) in [5, 5.41) is 0. The van der Waals surface area contributed by atoms with E-state index in [0.717, 1.165) is 0 Å². The summed E-state index contributed by atoms with van der Waals surface area (Å²) in [6.07, 6.45) is 0. The lowest BCUT2D eigenvalue weighted by Gasteiger charge is -2.07. The van der Waals surface area contributed by atoms with Crippen LogP contribution in [-0.4, -0.2) is 25.0 Å². The second-order valence-electron chi connectivity index (χ2n) is 3.11. The van der Waals surface area contributed by atoms with Crippen molar-refractivity contribution in [2.24, 2.45) is 17.2 Å². The molecule has 0 unspecified atom stereocenters. The first-order chi connectivity index (χ1) is 7.54. The third-order valence-corrected chi connectivity index (χ3v) is 1.86. The minimum Gasteiger partial charge on any atom is -0.492 e.